The quantitative estimate of drug-likeness (QED) is 0.685. The Balaban J connectivity index is 1.93. The normalized spacial score (nSPS) is 20.3. The summed E-state index contributed by atoms with van der Waals surface area (Å²) in [5.74, 6) is 0.155. The van der Waals surface area contributed by atoms with Crippen molar-refractivity contribution in [1.29, 1.82) is 0 Å². The Morgan fingerprint density at radius 1 is 1.00 bits per heavy atom. The lowest BCUT2D eigenvalue weighted by atomic mass is 9.94. The first-order chi connectivity index (χ1) is 8.86. The van der Waals surface area contributed by atoms with Crippen LogP contribution in [0.25, 0.3) is 0 Å². The minimum absolute atomic E-state index is 0.155. The Morgan fingerprint density at radius 3 is 2.72 bits per heavy atom. The Bertz CT molecular complexity index is 647. The van der Waals surface area contributed by atoms with Crippen LogP contribution in [-0.2, 0) is 6.42 Å². The van der Waals surface area contributed by atoms with E-state index >= 15 is 0 Å². The van der Waals surface area contributed by atoms with Crippen molar-refractivity contribution in [3.8, 4) is 0 Å². The highest BCUT2D eigenvalue weighted by Crippen LogP contribution is 2.44. The van der Waals surface area contributed by atoms with Gasteiger partial charge in [0.25, 0.3) is 5.91 Å². The topological polar surface area (TPSA) is 20.3 Å². The minimum atomic E-state index is 0.155. The summed E-state index contributed by atoms with van der Waals surface area (Å²) in [6, 6.07) is 16.5. The maximum atomic E-state index is 12.5. The first-order valence-electron chi connectivity index (χ1n) is 6.36. The number of aryl methyl sites for hydroxylation is 1. The Labute approximate surface area is 106 Å². The zero-order valence-electron chi connectivity index (χ0n) is 9.97. The fourth-order valence-electron chi connectivity index (χ4n) is 3.20. The molecule has 0 bridgehead atoms. The van der Waals surface area contributed by atoms with Gasteiger partial charge in [-0.05, 0) is 36.1 Å². The molecule has 1 unspecified atom stereocenters. The van der Waals surface area contributed by atoms with Crippen molar-refractivity contribution < 1.29 is 4.79 Å². The predicted molar refractivity (Wildman–Crippen MR) is 70.8 cm³/mol. The van der Waals surface area contributed by atoms with E-state index in [1.807, 2.05) is 35.2 Å². The highest BCUT2D eigenvalue weighted by Gasteiger charge is 2.40. The molecule has 2 aromatic carbocycles. The van der Waals surface area contributed by atoms with Crippen LogP contribution < -0.4 is 4.90 Å². The van der Waals surface area contributed by atoms with E-state index in [0.29, 0.717) is 0 Å². The highest BCUT2D eigenvalue weighted by atomic mass is 16.2. The van der Waals surface area contributed by atoms with Crippen LogP contribution in [0.5, 0.6) is 0 Å². The molecule has 2 heteroatoms. The largest absolute Gasteiger partial charge is 0.301 e. The number of anilines is 1. The standard InChI is InChI=1S/C16H13NO/c18-16-13-7-3-2-6-12(13)15-10-9-11-5-1-4-8-14(11)17(15)16/h1-8,15H,9-10H2. The van der Waals surface area contributed by atoms with Crippen molar-refractivity contribution in [2.24, 2.45) is 0 Å². The van der Waals surface area contributed by atoms with Crippen molar-refractivity contribution in [3.63, 3.8) is 0 Å². The molecule has 2 nitrogen and oxygen atoms in total. The number of carbonyl (C=O) groups excluding carboxylic acids is 1. The molecule has 2 aromatic rings. The summed E-state index contributed by atoms with van der Waals surface area (Å²) < 4.78 is 0. The van der Waals surface area contributed by atoms with Gasteiger partial charge in [-0.1, -0.05) is 36.4 Å². The van der Waals surface area contributed by atoms with Crippen molar-refractivity contribution >= 4 is 11.6 Å². The third-order valence-electron chi connectivity index (χ3n) is 4.02. The predicted octanol–water partition coefficient (Wildman–Crippen LogP) is 3.33. The van der Waals surface area contributed by atoms with Crippen molar-refractivity contribution in [3.05, 3.63) is 65.2 Å². The third kappa shape index (κ3) is 1.15. The molecule has 0 N–H and O–H groups in total. The third-order valence-corrected chi connectivity index (χ3v) is 4.02. The van der Waals surface area contributed by atoms with Gasteiger partial charge >= 0.3 is 0 Å². The molecule has 0 aromatic heterocycles. The minimum Gasteiger partial charge on any atom is -0.301 e. The van der Waals surface area contributed by atoms with Crippen molar-refractivity contribution in [2.45, 2.75) is 18.9 Å². The molecule has 18 heavy (non-hydrogen) atoms. The zero-order chi connectivity index (χ0) is 12.1. The number of benzene rings is 2. The maximum Gasteiger partial charge on any atom is 0.259 e. The number of carbonyl (C=O) groups is 1. The second-order valence-electron chi connectivity index (χ2n) is 4.95. The number of hydrogen-bond acceptors (Lipinski definition) is 1. The Morgan fingerprint density at radius 2 is 1.78 bits per heavy atom. The summed E-state index contributed by atoms with van der Waals surface area (Å²) in [5, 5.41) is 0. The number of nitrogens with zero attached hydrogens (tertiary/aromatic N) is 1. The van der Waals surface area contributed by atoms with Gasteiger partial charge in [-0.3, -0.25) is 4.79 Å². The van der Waals surface area contributed by atoms with Crippen LogP contribution in [0, 0.1) is 0 Å². The fraction of sp³-hybridized carbons (Fsp3) is 0.188. The molecule has 88 valence electrons. The average Bonchev–Trinajstić information content (AvgIpc) is 2.73. The lowest BCUT2D eigenvalue weighted by molar-refractivity contribution is 0.0988. The first-order valence-corrected chi connectivity index (χ1v) is 6.36. The van der Waals surface area contributed by atoms with Gasteiger partial charge in [0.2, 0.25) is 0 Å². The number of fused-ring (bicyclic) bond motifs is 5. The van der Waals surface area contributed by atoms with Gasteiger partial charge in [-0.25, -0.2) is 0 Å². The molecule has 0 radical (unpaired) electrons. The van der Waals surface area contributed by atoms with Crippen LogP contribution in [-0.4, -0.2) is 5.91 Å². The molecule has 0 saturated carbocycles. The van der Waals surface area contributed by atoms with E-state index in [4.69, 9.17) is 0 Å². The smallest absolute Gasteiger partial charge is 0.259 e. The molecular weight excluding hydrogens is 222 g/mol. The molecule has 1 amide bonds. The van der Waals surface area contributed by atoms with Gasteiger partial charge in [-0.2, -0.15) is 0 Å². The van der Waals surface area contributed by atoms with Crippen LogP contribution in [0.2, 0.25) is 0 Å². The molecule has 2 aliphatic heterocycles. The van der Waals surface area contributed by atoms with Gasteiger partial charge in [0.1, 0.15) is 0 Å². The van der Waals surface area contributed by atoms with E-state index in [1.165, 1.54) is 11.1 Å². The first kappa shape index (κ1) is 9.89. The van der Waals surface area contributed by atoms with E-state index in [-0.39, 0.29) is 11.9 Å². The van der Waals surface area contributed by atoms with E-state index < -0.39 is 0 Å². The highest BCUT2D eigenvalue weighted by molar-refractivity contribution is 6.11. The Hall–Kier alpha value is -2.09. The lowest BCUT2D eigenvalue weighted by Crippen LogP contribution is -2.31. The summed E-state index contributed by atoms with van der Waals surface area (Å²) in [7, 11) is 0. The van der Waals surface area contributed by atoms with E-state index in [2.05, 4.69) is 18.2 Å². The second-order valence-corrected chi connectivity index (χ2v) is 4.95. The number of hydrogen-bond donors (Lipinski definition) is 0. The van der Waals surface area contributed by atoms with Gasteiger partial charge in [0.05, 0.1) is 6.04 Å². The molecular formula is C16H13NO. The van der Waals surface area contributed by atoms with E-state index in [1.54, 1.807) is 0 Å². The van der Waals surface area contributed by atoms with Crippen LogP contribution in [0.3, 0.4) is 0 Å². The zero-order valence-corrected chi connectivity index (χ0v) is 9.97. The summed E-state index contributed by atoms with van der Waals surface area (Å²) in [6.07, 6.45) is 2.08. The molecule has 0 fully saturated rings. The van der Waals surface area contributed by atoms with Crippen LogP contribution >= 0.6 is 0 Å². The second kappa shape index (κ2) is 3.45. The van der Waals surface area contributed by atoms with Gasteiger partial charge in [-0.15, -0.1) is 0 Å². The van der Waals surface area contributed by atoms with Crippen LogP contribution in [0.15, 0.2) is 48.5 Å². The fourth-order valence-corrected chi connectivity index (χ4v) is 3.20. The molecule has 4 rings (SSSR count). The van der Waals surface area contributed by atoms with Gasteiger partial charge < -0.3 is 4.90 Å². The van der Waals surface area contributed by atoms with Crippen LogP contribution in [0.1, 0.15) is 33.9 Å². The van der Waals surface area contributed by atoms with Crippen molar-refractivity contribution in [2.75, 3.05) is 4.90 Å². The summed E-state index contributed by atoms with van der Waals surface area (Å²) in [4.78, 5) is 14.5. The Kier molecular flexibility index (Phi) is 1.90. The monoisotopic (exact) mass is 235 g/mol. The molecule has 2 heterocycles. The number of amides is 1. The number of para-hydroxylation sites is 1. The molecule has 2 aliphatic rings. The van der Waals surface area contributed by atoms with Gasteiger partial charge in [0, 0.05) is 11.3 Å². The SMILES string of the molecule is O=C1c2ccccc2C2CCc3ccccc3N12. The van der Waals surface area contributed by atoms with Crippen LogP contribution in [0.4, 0.5) is 5.69 Å². The molecule has 0 spiro atoms. The molecule has 0 aliphatic carbocycles. The van der Waals surface area contributed by atoms with Crippen molar-refractivity contribution in [1.82, 2.24) is 0 Å². The van der Waals surface area contributed by atoms with E-state index in [9.17, 15) is 4.79 Å². The number of rotatable bonds is 0. The lowest BCUT2D eigenvalue weighted by Gasteiger charge is -2.32. The van der Waals surface area contributed by atoms with Gasteiger partial charge in [0.15, 0.2) is 0 Å². The summed E-state index contributed by atoms with van der Waals surface area (Å²) >= 11 is 0. The molecule has 0 saturated heterocycles. The van der Waals surface area contributed by atoms with E-state index in [0.717, 1.165) is 24.1 Å². The summed E-state index contributed by atoms with van der Waals surface area (Å²) in [6.45, 7) is 0. The average molecular weight is 235 g/mol. The maximum absolute atomic E-state index is 12.5. The summed E-state index contributed by atoms with van der Waals surface area (Å²) in [5.41, 5.74) is 4.45. The molecule has 1 atom stereocenters.